The summed E-state index contributed by atoms with van der Waals surface area (Å²) in [5.74, 6) is 0.0679. The van der Waals surface area contributed by atoms with Gasteiger partial charge in [-0.1, -0.05) is 17.3 Å². The molecule has 128 valence electrons. The molecule has 0 N–H and O–H groups in total. The molecule has 0 fully saturated rings. The molecule has 0 aliphatic heterocycles. The van der Waals surface area contributed by atoms with Crippen LogP contribution in [0.4, 0.5) is 4.39 Å². The zero-order valence-corrected chi connectivity index (χ0v) is 14.4. The number of hydrogen-bond acceptors (Lipinski definition) is 6. The average molecular weight is 407 g/mol. The lowest BCUT2D eigenvalue weighted by molar-refractivity contribution is 0.0428. The van der Waals surface area contributed by atoms with E-state index in [1.54, 1.807) is 24.3 Å². The smallest absolute Gasteiger partial charge is 0.339 e. The monoisotopic (exact) mass is 406 g/mol. The summed E-state index contributed by atoms with van der Waals surface area (Å²) in [6, 6.07) is 12.5. The normalized spacial score (nSPS) is 10.5. The van der Waals surface area contributed by atoms with Crippen molar-refractivity contribution in [3.63, 3.8) is 0 Å². The first kappa shape index (κ1) is 17.1. The van der Waals surface area contributed by atoms with Gasteiger partial charge in [0, 0.05) is 4.47 Å². The lowest BCUT2D eigenvalue weighted by Gasteiger charge is -2.03. The SMILES string of the molecule is O=C(OCc1nc(COc2ccc(F)cc2)no1)c1ccccc1Br. The highest BCUT2D eigenvalue weighted by Gasteiger charge is 2.14. The summed E-state index contributed by atoms with van der Waals surface area (Å²) in [4.78, 5) is 16.1. The molecule has 2 aromatic carbocycles. The maximum Gasteiger partial charge on any atom is 0.339 e. The lowest BCUT2D eigenvalue weighted by atomic mass is 10.2. The minimum absolute atomic E-state index is 0.0489. The number of carbonyl (C=O) groups excluding carboxylic acids is 1. The van der Waals surface area contributed by atoms with Crippen LogP contribution in [0.25, 0.3) is 0 Å². The number of hydrogen-bond donors (Lipinski definition) is 0. The van der Waals surface area contributed by atoms with E-state index in [0.717, 1.165) is 0 Å². The van der Waals surface area contributed by atoms with E-state index < -0.39 is 5.97 Å². The van der Waals surface area contributed by atoms with Crippen LogP contribution in [-0.4, -0.2) is 16.1 Å². The molecule has 3 rings (SSSR count). The molecule has 0 atom stereocenters. The number of rotatable bonds is 6. The highest BCUT2D eigenvalue weighted by molar-refractivity contribution is 9.10. The summed E-state index contributed by atoms with van der Waals surface area (Å²) >= 11 is 3.28. The van der Waals surface area contributed by atoms with E-state index in [9.17, 15) is 9.18 Å². The van der Waals surface area contributed by atoms with Crippen molar-refractivity contribution in [2.45, 2.75) is 13.2 Å². The van der Waals surface area contributed by atoms with E-state index in [0.29, 0.717) is 15.8 Å². The van der Waals surface area contributed by atoms with Gasteiger partial charge in [-0.15, -0.1) is 0 Å². The van der Waals surface area contributed by atoms with Gasteiger partial charge in [-0.2, -0.15) is 4.98 Å². The molecule has 25 heavy (non-hydrogen) atoms. The summed E-state index contributed by atoms with van der Waals surface area (Å²) in [6.45, 7) is -0.100. The predicted molar refractivity (Wildman–Crippen MR) is 88.3 cm³/mol. The van der Waals surface area contributed by atoms with Crippen molar-refractivity contribution in [3.8, 4) is 5.75 Å². The summed E-state index contributed by atoms with van der Waals surface area (Å²) in [6.07, 6.45) is 0. The molecule has 0 aliphatic carbocycles. The Balaban J connectivity index is 1.52. The number of benzene rings is 2. The third-order valence-electron chi connectivity index (χ3n) is 3.11. The highest BCUT2D eigenvalue weighted by Crippen LogP contribution is 2.17. The molecular formula is C17H12BrFN2O4. The van der Waals surface area contributed by atoms with Crippen molar-refractivity contribution >= 4 is 21.9 Å². The minimum Gasteiger partial charge on any atom is -0.485 e. The Morgan fingerprint density at radius 1 is 1.12 bits per heavy atom. The van der Waals surface area contributed by atoms with Crippen LogP contribution >= 0.6 is 15.9 Å². The van der Waals surface area contributed by atoms with Crippen LogP contribution in [0.1, 0.15) is 22.1 Å². The summed E-state index contributed by atoms with van der Waals surface area (Å²) in [5, 5.41) is 3.73. The van der Waals surface area contributed by atoms with Crippen LogP contribution in [0, 0.1) is 5.82 Å². The van der Waals surface area contributed by atoms with Gasteiger partial charge in [0.05, 0.1) is 5.56 Å². The molecule has 0 radical (unpaired) electrons. The molecule has 0 unspecified atom stereocenters. The first-order valence-corrected chi connectivity index (χ1v) is 8.02. The molecule has 8 heteroatoms. The van der Waals surface area contributed by atoms with Gasteiger partial charge in [0.1, 0.15) is 11.6 Å². The average Bonchev–Trinajstić information content (AvgIpc) is 3.07. The Labute approximate surface area is 150 Å². The maximum absolute atomic E-state index is 12.8. The molecule has 0 saturated heterocycles. The fraction of sp³-hybridized carbons (Fsp3) is 0.118. The molecule has 1 heterocycles. The van der Waals surface area contributed by atoms with Crippen molar-refractivity contribution in [2.75, 3.05) is 0 Å². The van der Waals surface area contributed by atoms with Gasteiger partial charge in [0.15, 0.2) is 13.2 Å². The van der Waals surface area contributed by atoms with Gasteiger partial charge in [-0.05, 0) is 52.3 Å². The van der Waals surface area contributed by atoms with Crippen LogP contribution in [-0.2, 0) is 18.0 Å². The van der Waals surface area contributed by atoms with Crippen molar-refractivity contribution in [2.24, 2.45) is 0 Å². The molecule has 0 spiro atoms. The fourth-order valence-corrected chi connectivity index (χ4v) is 2.36. The fourth-order valence-electron chi connectivity index (χ4n) is 1.92. The van der Waals surface area contributed by atoms with Crippen LogP contribution in [0.2, 0.25) is 0 Å². The summed E-state index contributed by atoms with van der Waals surface area (Å²) in [7, 11) is 0. The summed E-state index contributed by atoms with van der Waals surface area (Å²) in [5.41, 5.74) is 0.405. The van der Waals surface area contributed by atoms with E-state index in [1.165, 1.54) is 24.3 Å². The number of ether oxygens (including phenoxy) is 2. The second-order valence-electron chi connectivity index (χ2n) is 4.90. The molecule has 1 aromatic heterocycles. The molecule has 0 amide bonds. The van der Waals surface area contributed by atoms with E-state index in [1.807, 2.05) is 0 Å². The molecule has 0 bridgehead atoms. The van der Waals surface area contributed by atoms with Gasteiger partial charge < -0.3 is 14.0 Å². The predicted octanol–water partition coefficient (Wildman–Crippen LogP) is 3.91. The molecule has 0 aliphatic rings. The molecular weight excluding hydrogens is 395 g/mol. The molecule has 3 aromatic rings. The standard InChI is InChI=1S/C17H12BrFN2O4/c18-14-4-2-1-3-13(14)17(22)24-10-16-20-15(21-25-16)9-23-12-7-5-11(19)6-8-12/h1-8H,9-10H2. The Morgan fingerprint density at radius 3 is 2.64 bits per heavy atom. The quantitative estimate of drug-likeness (QED) is 0.577. The van der Waals surface area contributed by atoms with Crippen molar-refractivity contribution in [1.29, 1.82) is 0 Å². The first-order valence-electron chi connectivity index (χ1n) is 7.23. The molecule has 6 nitrogen and oxygen atoms in total. The summed E-state index contributed by atoms with van der Waals surface area (Å²) < 4.78 is 29.0. The van der Waals surface area contributed by atoms with Crippen LogP contribution in [0.3, 0.4) is 0 Å². The number of esters is 1. The Bertz CT molecular complexity index is 867. The van der Waals surface area contributed by atoms with Crippen LogP contribution < -0.4 is 4.74 Å². The Hall–Kier alpha value is -2.74. The van der Waals surface area contributed by atoms with E-state index in [2.05, 4.69) is 26.1 Å². The van der Waals surface area contributed by atoms with Gasteiger partial charge in [0.2, 0.25) is 5.82 Å². The van der Waals surface area contributed by atoms with Crippen molar-refractivity contribution < 1.29 is 23.2 Å². The van der Waals surface area contributed by atoms with Gasteiger partial charge in [-0.25, -0.2) is 9.18 Å². The first-order chi connectivity index (χ1) is 12.1. The van der Waals surface area contributed by atoms with Gasteiger partial charge in [-0.3, -0.25) is 0 Å². The van der Waals surface area contributed by atoms with Gasteiger partial charge in [0.25, 0.3) is 5.89 Å². The second kappa shape index (κ2) is 7.89. The lowest BCUT2D eigenvalue weighted by Crippen LogP contribution is -2.06. The van der Waals surface area contributed by atoms with Gasteiger partial charge >= 0.3 is 5.97 Å². The minimum atomic E-state index is -0.505. The third-order valence-corrected chi connectivity index (χ3v) is 3.80. The van der Waals surface area contributed by atoms with Crippen molar-refractivity contribution in [1.82, 2.24) is 10.1 Å². The van der Waals surface area contributed by atoms with E-state index in [-0.39, 0.29) is 30.7 Å². The van der Waals surface area contributed by atoms with E-state index >= 15 is 0 Å². The third kappa shape index (κ3) is 4.63. The van der Waals surface area contributed by atoms with E-state index in [4.69, 9.17) is 14.0 Å². The number of nitrogens with zero attached hydrogens (tertiary/aromatic N) is 2. The largest absolute Gasteiger partial charge is 0.485 e. The Morgan fingerprint density at radius 2 is 1.88 bits per heavy atom. The topological polar surface area (TPSA) is 74.5 Å². The molecule has 0 saturated carbocycles. The maximum atomic E-state index is 12.8. The Kier molecular flexibility index (Phi) is 5.39. The van der Waals surface area contributed by atoms with Crippen LogP contribution in [0.5, 0.6) is 5.75 Å². The zero-order valence-electron chi connectivity index (χ0n) is 12.8. The number of halogens is 2. The zero-order chi connectivity index (χ0) is 17.6. The van der Waals surface area contributed by atoms with Crippen LogP contribution in [0.15, 0.2) is 57.5 Å². The number of aromatic nitrogens is 2. The second-order valence-corrected chi connectivity index (χ2v) is 5.76. The van der Waals surface area contributed by atoms with Crippen molar-refractivity contribution in [3.05, 3.63) is 76.1 Å². The number of carbonyl (C=O) groups is 1. The highest BCUT2D eigenvalue weighted by atomic mass is 79.9.